The smallest absolute Gasteiger partial charge is 0.274 e. The zero-order valence-electron chi connectivity index (χ0n) is 20.1. The molecule has 0 spiro atoms. The average molecular weight is 502 g/mol. The number of carbonyl (C=O) groups excluding carboxylic acids is 1. The molecule has 0 unspecified atom stereocenters. The summed E-state index contributed by atoms with van der Waals surface area (Å²) in [5.41, 5.74) is 3.44. The Labute approximate surface area is 213 Å². The number of carbonyl (C=O) groups is 1. The number of amides is 1. The Kier molecular flexibility index (Phi) is 6.48. The second-order valence-electron chi connectivity index (χ2n) is 8.28. The van der Waals surface area contributed by atoms with Gasteiger partial charge in [-0.3, -0.25) is 4.79 Å². The summed E-state index contributed by atoms with van der Waals surface area (Å²) in [4.78, 5) is 18.4. The minimum Gasteiger partial charge on any atom is -0.497 e. The van der Waals surface area contributed by atoms with E-state index in [1.54, 1.807) is 45.6 Å². The highest BCUT2D eigenvalue weighted by Crippen LogP contribution is 2.39. The van der Waals surface area contributed by atoms with Crippen molar-refractivity contribution in [1.82, 2.24) is 9.99 Å². The average Bonchev–Trinajstić information content (AvgIpc) is 3.37. The van der Waals surface area contributed by atoms with Crippen molar-refractivity contribution >= 4 is 34.1 Å². The van der Waals surface area contributed by atoms with Gasteiger partial charge >= 0.3 is 0 Å². The van der Waals surface area contributed by atoms with Crippen LogP contribution in [0.15, 0.2) is 77.9 Å². The molecule has 1 atom stereocenters. The minimum absolute atomic E-state index is 0.265. The standard InChI is InChI=1S/C28H24ClN3O4/c1-34-20-10-4-7-17(13-20)23-16-24(32(31-23)28(33)19-9-5-11-21(14-19)35-2)22-15-18-8-6-12-25(36-3)26(18)30-27(22)29/h4-15,24H,16H2,1-3H3/t24-/m1/s1. The van der Waals surface area contributed by atoms with Crippen LogP contribution in [-0.2, 0) is 0 Å². The number of hydrogen-bond acceptors (Lipinski definition) is 6. The second-order valence-corrected chi connectivity index (χ2v) is 8.64. The summed E-state index contributed by atoms with van der Waals surface area (Å²) in [5, 5.41) is 7.41. The number of benzene rings is 3. The quantitative estimate of drug-likeness (QED) is 0.307. The molecule has 0 saturated carbocycles. The number of ether oxygens (including phenoxy) is 3. The summed E-state index contributed by atoms with van der Waals surface area (Å²) in [5.74, 6) is 1.66. The molecule has 0 aliphatic carbocycles. The van der Waals surface area contributed by atoms with Gasteiger partial charge in [0.15, 0.2) is 0 Å². The molecule has 4 aromatic rings. The third-order valence-electron chi connectivity index (χ3n) is 6.21. The van der Waals surface area contributed by atoms with Gasteiger partial charge in [0.2, 0.25) is 0 Å². The predicted octanol–water partition coefficient (Wildman–Crippen LogP) is 5.91. The molecule has 2 heterocycles. The topological polar surface area (TPSA) is 73.2 Å². The molecule has 0 bridgehead atoms. The molecular weight excluding hydrogens is 478 g/mol. The minimum atomic E-state index is -0.458. The van der Waals surface area contributed by atoms with Crippen LogP contribution < -0.4 is 14.2 Å². The number of pyridine rings is 1. The van der Waals surface area contributed by atoms with Gasteiger partial charge in [-0.25, -0.2) is 9.99 Å². The number of para-hydroxylation sites is 1. The van der Waals surface area contributed by atoms with Crippen LogP contribution in [0.5, 0.6) is 17.2 Å². The van der Waals surface area contributed by atoms with E-state index in [9.17, 15) is 4.79 Å². The maximum absolute atomic E-state index is 13.7. The molecule has 36 heavy (non-hydrogen) atoms. The van der Waals surface area contributed by atoms with Gasteiger partial charge in [-0.2, -0.15) is 5.10 Å². The molecule has 1 aliphatic heterocycles. The largest absolute Gasteiger partial charge is 0.497 e. The number of methoxy groups -OCH3 is 3. The molecule has 0 radical (unpaired) electrons. The lowest BCUT2D eigenvalue weighted by atomic mass is 9.98. The number of hydrogen-bond donors (Lipinski definition) is 0. The lowest BCUT2D eigenvalue weighted by molar-refractivity contribution is 0.0711. The molecule has 0 N–H and O–H groups in total. The van der Waals surface area contributed by atoms with Crippen molar-refractivity contribution in [2.24, 2.45) is 5.10 Å². The van der Waals surface area contributed by atoms with Crippen LogP contribution in [-0.4, -0.2) is 42.9 Å². The van der Waals surface area contributed by atoms with Crippen LogP contribution in [0.25, 0.3) is 10.9 Å². The highest BCUT2D eigenvalue weighted by molar-refractivity contribution is 6.30. The molecule has 0 fully saturated rings. The van der Waals surface area contributed by atoms with Crippen molar-refractivity contribution in [2.75, 3.05) is 21.3 Å². The molecule has 8 heteroatoms. The van der Waals surface area contributed by atoms with Crippen LogP contribution in [0.2, 0.25) is 5.15 Å². The molecule has 1 aromatic heterocycles. The van der Waals surface area contributed by atoms with E-state index in [2.05, 4.69) is 4.98 Å². The van der Waals surface area contributed by atoms with Gasteiger partial charge in [0.25, 0.3) is 5.91 Å². The van der Waals surface area contributed by atoms with E-state index in [-0.39, 0.29) is 5.91 Å². The van der Waals surface area contributed by atoms with Crippen LogP contribution in [0.4, 0.5) is 0 Å². The van der Waals surface area contributed by atoms with Crippen molar-refractivity contribution in [3.05, 3.63) is 94.6 Å². The van der Waals surface area contributed by atoms with Crippen molar-refractivity contribution < 1.29 is 19.0 Å². The lowest BCUT2D eigenvalue weighted by Crippen LogP contribution is -2.27. The first-order valence-corrected chi connectivity index (χ1v) is 11.7. The van der Waals surface area contributed by atoms with Crippen molar-refractivity contribution in [1.29, 1.82) is 0 Å². The Morgan fingerprint density at radius 3 is 2.39 bits per heavy atom. The maximum Gasteiger partial charge on any atom is 0.274 e. The molecule has 5 rings (SSSR count). The molecule has 182 valence electrons. The van der Waals surface area contributed by atoms with E-state index in [0.29, 0.717) is 45.5 Å². The van der Waals surface area contributed by atoms with Crippen LogP contribution in [0.1, 0.15) is 33.9 Å². The summed E-state index contributed by atoms with van der Waals surface area (Å²) in [6.45, 7) is 0. The third-order valence-corrected chi connectivity index (χ3v) is 6.51. The van der Waals surface area contributed by atoms with Crippen molar-refractivity contribution in [3.63, 3.8) is 0 Å². The third kappa shape index (κ3) is 4.33. The fourth-order valence-corrected chi connectivity index (χ4v) is 4.63. The first-order valence-electron chi connectivity index (χ1n) is 11.3. The Morgan fingerprint density at radius 1 is 0.917 bits per heavy atom. The number of hydrazone groups is 1. The number of aromatic nitrogens is 1. The van der Waals surface area contributed by atoms with Gasteiger partial charge in [0.05, 0.1) is 33.1 Å². The van der Waals surface area contributed by atoms with E-state index >= 15 is 0 Å². The van der Waals surface area contributed by atoms with Crippen LogP contribution >= 0.6 is 11.6 Å². The number of rotatable bonds is 6. The Morgan fingerprint density at radius 2 is 1.64 bits per heavy atom. The lowest BCUT2D eigenvalue weighted by Gasteiger charge is -2.23. The molecule has 0 saturated heterocycles. The van der Waals surface area contributed by atoms with Gasteiger partial charge in [0.1, 0.15) is 27.9 Å². The summed E-state index contributed by atoms with van der Waals surface area (Å²) in [6.07, 6.45) is 0.458. The van der Waals surface area contributed by atoms with Gasteiger partial charge in [0, 0.05) is 28.5 Å². The van der Waals surface area contributed by atoms with Crippen molar-refractivity contribution in [2.45, 2.75) is 12.5 Å². The highest BCUT2D eigenvalue weighted by atomic mass is 35.5. The maximum atomic E-state index is 13.7. The van der Waals surface area contributed by atoms with Gasteiger partial charge in [-0.1, -0.05) is 41.9 Å². The first-order chi connectivity index (χ1) is 17.5. The highest BCUT2D eigenvalue weighted by Gasteiger charge is 2.35. The molecule has 1 aliphatic rings. The molecule has 7 nitrogen and oxygen atoms in total. The van der Waals surface area contributed by atoms with E-state index in [1.165, 1.54) is 5.01 Å². The predicted molar refractivity (Wildman–Crippen MR) is 139 cm³/mol. The Balaban J connectivity index is 1.61. The zero-order valence-corrected chi connectivity index (χ0v) is 20.8. The van der Waals surface area contributed by atoms with Crippen LogP contribution in [0, 0.1) is 0 Å². The van der Waals surface area contributed by atoms with E-state index in [4.69, 9.17) is 30.9 Å². The van der Waals surface area contributed by atoms with E-state index < -0.39 is 6.04 Å². The van der Waals surface area contributed by atoms with E-state index in [1.807, 2.05) is 48.5 Å². The van der Waals surface area contributed by atoms with Crippen LogP contribution in [0.3, 0.4) is 0 Å². The summed E-state index contributed by atoms with van der Waals surface area (Å²) < 4.78 is 16.2. The Bertz CT molecular complexity index is 1490. The van der Waals surface area contributed by atoms with Gasteiger partial charge in [-0.05, 0) is 42.5 Å². The fraction of sp³-hybridized carbons (Fsp3) is 0.179. The summed E-state index contributed by atoms with van der Waals surface area (Å²) in [7, 11) is 4.78. The summed E-state index contributed by atoms with van der Waals surface area (Å²) >= 11 is 6.72. The molecular formula is C28H24ClN3O4. The van der Waals surface area contributed by atoms with E-state index in [0.717, 1.165) is 16.7 Å². The monoisotopic (exact) mass is 501 g/mol. The number of halogens is 1. The first kappa shape index (κ1) is 23.6. The normalized spacial score (nSPS) is 15.1. The SMILES string of the molecule is COc1cccc(C(=O)N2N=C(c3cccc(OC)c3)C[C@@H]2c2cc3cccc(OC)c3nc2Cl)c1. The fourth-order valence-electron chi connectivity index (χ4n) is 4.37. The van der Waals surface area contributed by atoms with Gasteiger partial charge < -0.3 is 14.2 Å². The summed E-state index contributed by atoms with van der Waals surface area (Å²) in [6, 6.07) is 21.8. The molecule has 1 amide bonds. The number of nitrogens with zero attached hydrogens (tertiary/aromatic N) is 3. The Hall–Kier alpha value is -4.10. The van der Waals surface area contributed by atoms with Gasteiger partial charge in [-0.15, -0.1) is 0 Å². The second kappa shape index (κ2) is 9.87. The molecule has 3 aromatic carbocycles. The van der Waals surface area contributed by atoms with Crippen molar-refractivity contribution in [3.8, 4) is 17.2 Å². The zero-order chi connectivity index (χ0) is 25.2. The number of fused-ring (bicyclic) bond motifs is 1.